The second kappa shape index (κ2) is 8.22. The summed E-state index contributed by atoms with van der Waals surface area (Å²) in [7, 11) is 0. The third-order valence-electron chi connectivity index (χ3n) is 3.46. The van der Waals surface area contributed by atoms with E-state index >= 15 is 0 Å². The lowest BCUT2D eigenvalue weighted by Crippen LogP contribution is -2.22. The zero-order valence-electron chi connectivity index (χ0n) is 13.7. The van der Waals surface area contributed by atoms with Gasteiger partial charge in [-0.05, 0) is 42.5 Å². The topological polar surface area (TPSA) is 83.4 Å². The molecule has 0 aliphatic rings. The Morgan fingerprint density at radius 1 is 0.923 bits per heavy atom. The fraction of sp³-hybridized carbons (Fsp3) is 0.0526. The normalized spacial score (nSPS) is 10.2. The highest BCUT2D eigenvalue weighted by atomic mass is 35.5. The molecule has 3 rings (SSSR count). The van der Waals surface area contributed by atoms with Gasteiger partial charge in [-0.15, -0.1) is 0 Å². The second-order valence-corrected chi connectivity index (χ2v) is 5.80. The van der Waals surface area contributed by atoms with Crippen LogP contribution in [0.5, 0.6) is 0 Å². The Bertz CT molecular complexity index is 910. The minimum Gasteiger partial charge on any atom is -0.459 e. The maximum Gasteiger partial charge on any atom is 0.291 e. The van der Waals surface area contributed by atoms with Crippen LogP contribution in [-0.4, -0.2) is 18.4 Å². The Balaban J connectivity index is 1.57. The van der Waals surface area contributed by atoms with Crippen molar-refractivity contribution in [2.75, 3.05) is 22.5 Å². The van der Waals surface area contributed by atoms with Crippen LogP contribution < -0.4 is 16.0 Å². The molecule has 0 bridgehead atoms. The Morgan fingerprint density at radius 2 is 1.69 bits per heavy atom. The zero-order chi connectivity index (χ0) is 18.4. The minimum absolute atomic E-state index is 0.0622. The molecule has 1 heterocycles. The highest BCUT2D eigenvalue weighted by molar-refractivity contribution is 6.33. The van der Waals surface area contributed by atoms with Gasteiger partial charge in [-0.25, -0.2) is 0 Å². The summed E-state index contributed by atoms with van der Waals surface area (Å²) in [6.45, 7) is 0.0622. The van der Waals surface area contributed by atoms with Crippen molar-refractivity contribution < 1.29 is 14.0 Å². The number of hydrogen-bond donors (Lipinski definition) is 3. The molecule has 0 saturated heterocycles. The Hall–Kier alpha value is -3.25. The first-order valence-corrected chi connectivity index (χ1v) is 8.23. The van der Waals surface area contributed by atoms with Crippen LogP contribution >= 0.6 is 11.6 Å². The molecule has 0 aliphatic carbocycles. The highest BCUT2D eigenvalue weighted by Gasteiger charge is 2.09. The standard InChI is InChI=1S/C19H16ClN3O3/c20-15-7-1-2-8-16(15)21-12-18(24)22-13-5-3-6-14(11-13)23-19(25)17-9-4-10-26-17/h1-11,21H,12H2,(H,22,24)(H,23,25). The van der Waals surface area contributed by atoms with Crippen molar-refractivity contribution in [3.05, 3.63) is 77.7 Å². The van der Waals surface area contributed by atoms with Crippen LogP contribution in [0.2, 0.25) is 5.02 Å². The van der Waals surface area contributed by atoms with Gasteiger partial charge in [-0.2, -0.15) is 0 Å². The molecule has 3 aromatic rings. The summed E-state index contributed by atoms with van der Waals surface area (Å²) in [6.07, 6.45) is 1.43. The van der Waals surface area contributed by atoms with Crippen molar-refractivity contribution in [3.8, 4) is 0 Å². The van der Waals surface area contributed by atoms with Crippen molar-refractivity contribution in [1.29, 1.82) is 0 Å². The number of hydrogen-bond acceptors (Lipinski definition) is 4. The van der Waals surface area contributed by atoms with Crippen LogP contribution in [-0.2, 0) is 4.79 Å². The average molecular weight is 370 g/mol. The summed E-state index contributed by atoms with van der Waals surface area (Å²) in [5, 5.41) is 8.98. The van der Waals surface area contributed by atoms with Gasteiger partial charge in [0.15, 0.2) is 5.76 Å². The molecule has 0 fully saturated rings. The average Bonchev–Trinajstić information content (AvgIpc) is 3.16. The van der Waals surface area contributed by atoms with Crippen LogP contribution in [0.25, 0.3) is 0 Å². The number of nitrogens with one attached hydrogen (secondary N) is 3. The fourth-order valence-corrected chi connectivity index (χ4v) is 2.46. The first kappa shape index (κ1) is 17.6. The highest BCUT2D eigenvalue weighted by Crippen LogP contribution is 2.20. The number of furan rings is 1. The molecule has 0 spiro atoms. The molecule has 0 atom stereocenters. The smallest absolute Gasteiger partial charge is 0.291 e. The number of rotatable bonds is 6. The SMILES string of the molecule is O=C(CNc1ccccc1Cl)Nc1cccc(NC(=O)c2ccco2)c1. The van der Waals surface area contributed by atoms with Gasteiger partial charge in [-0.3, -0.25) is 9.59 Å². The summed E-state index contributed by atoms with van der Waals surface area (Å²) in [4.78, 5) is 24.1. The van der Waals surface area contributed by atoms with E-state index in [0.29, 0.717) is 22.1 Å². The van der Waals surface area contributed by atoms with Gasteiger partial charge in [0, 0.05) is 11.4 Å². The van der Waals surface area contributed by atoms with Gasteiger partial charge in [-0.1, -0.05) is 29.8 Å². The second-order valence-electron chi connectivity index (χ2n) is 5.39. The van der Waals surface area contributed by atoms with E-state index in [1.165, 1.54) is 6.26 Å². The Kier molecular flexibility index (Phi) is 5.56. The molecular formula is C19H16ClN3O3. The first-order chi connectivity index (χ1) is 12.6. The van der Waals surface area contributed by atoms with Crippen molar-refractivity contribution in [3.63, 3.8) is 0 Å². The summed E-state index contributed by atoms with van der Waals surface area (Å²) in [5.41, 5.74) is 1.79. The lowest BCUT2D eigenvalue weighted by molar-refractivity contribution is -0.114. The zero-order valence-corrected chi connectivity index (χ0v) is 14.4. The van der Waals surface area contributed by atoms with E-state index in [2.05, 4.69) is 16.0 Å². The van der Waals surface area contributed by atoms with E-state index in [9.17, 15) is 9.59 Å². The maximum absolute atomic E-state index is 12.1. The number of anilines is 3. The van der Waals surface area contributed by atoms with Crippen molar-refractivity contribution >= 4 is 40.5 Å². The van der Waals surface area contributed by atoms with Gasteiger partial charge in [0.1, 0.15) is 0 Å². The number of amides is 2. The van der Waals surface area contributed by atoms with Gasteiger partial charge in [0.25, 0.3) is 5.91 Å². The van der Waals surface area contributed by atoms with E-state index < -0.39 is 0 Å². The molecule has 0 radical (unpaired) electrons. The molecule has 26 heavy (non-hydrogen) atoms. The lowest BCUT2D eigenvalue weighted by atomic mass is 10.2. The molecule has 2 aromatic carbocycles. The van der Waals surface area contributed by atoms with Crippen molar-refractivity contribution in [2.45, 2.75) is 0 Å². The quantitative estimate of drug-likeness (QED) is 0.607. The van der Waals surface area contributed by atoms with Crippen molar-refractivity contribution in [1.82, 2.24) is 0 Å². The van der Waals surface area contributed by atoms with Crippen LogP contribution in [0, 0.1) is 0 Å². The van der Waals surface area contributed by atoms with Gasteiger partial charge in [0.05, 0.1) is 23.5 Å². The predicted octanol–water partition coefficient (Wildman–Crippen LogP) is 4.24. The van der Waals surface area contributed by atoms with Crippen molar-refractivity contribution in [2.24, 2.45) is 0 Å². The third-order valence-corrected chi connectivity index (χ3v) is 3.79. The molecule has 0 unspecified atom stereocenters. The Labute approximate surface area is 155 Å². The molecule has 0 aliphatic heterocycles. The fourth-order valence-electron chi connectivity index (χ4n) is 2.26. The van der Waals surface area contributed by atoms with E-state index in [0.717, 1.165) is 0 Å². The summed E-state index contributed by atoms with van der Waals surface area (Å²) < 4.78 is 5.05. The van der Waals surface area contributed by atoms with E-state index in [1.807, 2.05) is 12.1 Å². The lowest BCUT2D eigenvalue weighted by Gasteiger charge is -2.10. The molecule has 1 aromatic heterocycles. The van der Waals surface area contributed by atoms with Gasteiger partial charge in [0.2, 0.25) is 5.91 Å². The first-order valence-electron chi connectivity index (χ1n) is 7.85. The largest absolute Gasteiger partial charge is 0.459 e. The summed E-state index contributed by atoms with van der Waals surface area (Å²) in [6, 6.07) is 17.2. The molecular weight excluding hydrogens is 354 g/mol. The monoisotopic (exact) mass is 369 g/mol. The van der Waals surface area contributed by atoms with E-state index in [4.69, 9.17) is 16.0 Å². The van der Waals surface area contributed by atoms with Crippen LogP contribution in [0.15, 0.2) is 71.3 Å². The van der Waals surface area contributed by atoms with Crippen LogP contribution in [0.1, 0.15) is 10.6 Å². The molecule has 7 heteroatoms. The number of halogens is 1. The number of carbonyl (C=O) groups excluding carboxylic acids is 2. The van der Waals surface area contributed by atoms with Crippen LogP contribution in [0.4, 0.5) is 17.1 Å². The molecule has 2 amide bonds. The summed E-state index contributed by atoms with van der Waals surface area (Å²) in [5.74, 6) is -0.387. The molecule has 3 N–H and O–H groups in total. The Morgan fingerprint density at radius 3 is 2.42 bits per heavy atom. The number of para-hydroxylation sites is 1. The maximum atomic E-state index is 12.1. The number of carbonyl (C=O) groups is 2. The molecule has 6 nitrogen and oxygen atoms in total. The summed E-state index contributed by atoms with van der Waals surface area (Å²) >= 11 is 6.04. The van der Waals surface area contributed by atoms with E-state index in [-0.39, 0.29) is 24.1 Å². The minimum atomic E-state index is -0.362. The number of benzene rings is 2. The molecule has 0 saturated carbocycles. The van der Waals surface area contributed by atoms with Crippen LogP contribution in [0.3, 0.4) is 0 Å². The molecule has 132 valence electrons. The van der Waals surface area contributed by atoms with Gasteiger partial charge >= 0.3 is 0 Å². The third kappa shape index (κ3) is 4.64. The van der Waals surface area contributed by atoms with Gasteiger partial charge < -0.3 is 20.4 Å². The predicted molar refractivity (Wildman–Crippen MR) is 102 cm³/mol. The van der Waals surface area contributed by atoms with E-state index in [1.54, 1.807) is 48.5 Å².